The van der Waals surface area contributed by atoms with Crippen molar-refractivity contribution < 1.29 is 4.79 Å². The van der Waals surface area contributed by atoms with Gasteiger partial charge in [-0.15, -0.1) is 16.8 Å². The minimum Gasteiger partial charge on any atom is -0.309 e. The van der Waals surface area contributed by atoms with Gasteiger partial charge >= 0.3 is 0 Å². The fraction of sp³-hybridized carbons (Fsp3) is 0.333. The molecule has 8 heteroatoms. The van der Waals surface area contributed by atoms with Gasteiger partial charge in [-0.2, -0.15) is 5.10 Å². The Bertz CT molecular complexity index is 963. The lowest BCUT2D eigenvalue weighted by atomic mass is 10.2. The zero-order valence-corrected chi connectivity index (χ0v) is 17.8. The molecular weight excluding hydrogens is 384 g/mol. The molecule has 0 aliphatic heterocycles. The van der Waals surface area contributed by atoms with E-state index in [2.05, 4.69) is 21.9 Å². The highest BCUT2D eigenvalue weighted by molar-refractivity contribution is 7.99. The number of thioether (sulfide) groups is 1. The molecule has 0 spiro atoms. The van der Waals surface area contributed by atoms with Gasteiger partial charge in [0.05, 0.1) is 17.5 Å². The molecule has 0 aliphatic carbocycles. The van der Waals surface area contributed by atoms with Gasteiger partial charge in [0, 0.05) is 31.0 Å². The van der Waals surface area contributed by atoms with Crippen molar-refractivity contribution in [3.05, 3.63) is 55.4 Å². The van der Waals surface area contributed by atoms with Crippen molar-refractivity contribution in [3.8, 4) is 11.4 Å². The van der Waals surface area contributed by atoms with E-state index in [-0.39, 0.29) is 17.7 Å². The first-order valence-corrected chi connectivity index (χ1v) is 10.6. The largest absolute Gasteiger partial charge is 0.309 e. The summed E-state index contributed by atoms with van der Waals surface area (Å²) in [6, 6.07) is 9.79. The first-order chi connectivity index (χ1) is 14.0. The zero-order valence-electron chi connectivity index (χ0n) is 17.0. The van der Waals surface area contributed by atoms with Gasteiger partial charge in [-0.25, -0.2) is 0 Å². The number of rotatable bonds is 9. The molecule has 0 unspecified atom stereocenters. The van der Waals surface area contributed by atoms with Crippen LogP contribution in [-0.2, 0) is 17.9 Å². The van der Waals surface area contributed by atoms with E-state index in [1.54, 1.807) is 12.3 Å². The number of hydrogen-bond acceptors (Lipinski definition) is 5. The van der Waals surface area contributed by atoms with Crippen LogP contribution in [0.3, 0.4) is 0 Å². The van der Waals surface area contributed by atoms with Crippen LogP contribution in [-0.4, -0.2) is 42.2 Å². The average molecular weight is 411 g/mol. The maximum Gasteiger partial charge on any atom is 0.237 e. The van der Waals surface area contributed by atoms with E-state index in [1.165, 1.54) is 11.8 Å². The van der Waals surface area contributed by atoms with Gasteiger partial charge in [0.1, 0.15) is 0 Å². The maximum absolute atomic E-state index is 13.0. The average Bonchev–Trinajstić information content (AvgIpc) is 3.34. The van der Waals surface area contributed by atoms with Crippen LogP contribution < -0.4 is 4.90 Å². The van der Waals surface area contributed by atoms with Crippen LogP contribution in [0.2, 0.25) is 0 Å². The molecule has 0 bridgehead atoms. The lowest BCUT2D eigenvalue weighted by Crippen LogP contribution is -2.38. The van der Waals surface area contributed by atoms with Crippen LogP contribution in [0.4, 0.5) is 5.69 Å². The molecule has 7 nitrogen and oxygen atoms in total. The van der Waals surface area contributed by atoms with Crippen LogP contribution in [0.25, 0.3) is 11.4 Å². The Hall–Kier alpha value is -2.87. The number of anilines is 1. The van der Waals surface area contributed by atoms with Crippen molar-refractivity contribution in [2.45, 2.75) is 45.1 Å². The fourth-order valence-corrected chi connectivity index (χ4v) is 3.88. The number of nitrogens with zero attached hydrogens (tertiary/aromatic N) is 6. The molecule has 0 atom stereocenters. The first kappa shape index (κ1) is 20.9. The topological polar surface area (TPSA) is 68.8 Å². The van der Waals surface area contributed by atoms with Crippen molar-refractivity contribution >= 4 is 23.4 Å². The number of carbonyl (C=O) groups is 1. The lowest BCUT2D eigenvalue weighted by Gasteiger charge is -2.26. The number of para-hydroxylation sites is 1. The number of aryl methyl sites for hydroxylation is 1. The van der Waals surface area contributed by atoms with Gasteiger partial charge in [-0.05, 0) is 32.9 Å². The van der Waals surface area contributed by atoms with E-state index in [1.807, 2.05) is 71.4 Å². The number of amides is 1. The molecule has 2 aromatic heterocycles. The van der Waals surface area contributed by atoms with Crippen LogP contribution in [0.1, 0.15) is 20.8 Å². The third-order valence-electron chi connectivity index (χ3n) is 4.39. The third-order valence-corrected chi connectivity index (χ3v) is 5.34. The summed E-state index contributed by atoms with van der Waals surface area (Å²) < 4.78 is 3.81. The molecule has 3 aromatic rings. The van der Waals surface area contributed by atoms with Gasteiger partial charge < -0.3 is 4.90 Å². The second kappa shape index (κ2) is 9.56. The van der Waals surface area contributed by atoms with E-state index in [0.29, 0.717) is 11.7 Å². The SMILES string of the molecule is C=CCn1c(SCC(=O)N(c2ccccc2)C(C)C)nnc1-c1cnn(CC)c1. The Kier molecular flexibility index (Phi) is 6.87. The van der Waals surface area contributed by atoms with Crippen LogP contribution in [0.15, 0.2) is 60.5 Å². The highest BCUT2D eigenvalue weighted by Crippen LogP contribution is 2.25. The van der Waals surface area contributed by atoms with E-state index in [0.717, 1.165) is 23.6 Å². The van der Waals surface area contributed by atoms with E-state index in [9.17, 15) is 4.79 Å². The molecule has 0 radical (unpaired) electrons. The highest BCUT2D eigenvalue weighted by atomic mass is 32.2. The molecule has 3 rings (SSSR count). The normalized spacial score (nSPS) is 11.0. The van der Waals surface area contributed by atoms with Crippen LogP contribution in [0.5, 0.6) is 0 Å². The predicted octanol–water partition coefficient (Wildman–Crippen LogP) is 3.88. The summed E-state index contributed by atoms with van der Waals surface area (Å²) >= 11 is 1.39. The smallest absolute Gasteiger partial charge is 0.237 e. The summed E-state index contributed by atoms with van der Waals surface area (Å²) in [5.74, 6) is 1.03. The van der Waals surface area contributed by atoms with Gasteiger partial charge in [0.15, 0.2) is 11.0 Å². The monoisotopic (exact) mass is 410 g/mol. The van der Waals surface area contributed by atoms with Crippen LogP contribution in [0, 0.1) is 0 Å². The Morgan fingerprint density at radius 3 is 2.66 bits per heavy atom. The number of carbonyl (C=O) groups excluding carboxylic acids is 1. The highest BCUT2D eigenvalue weighted by Gasteiger charge is 2.21. The van der Waals surface area contributed by atoms with Gasteiger partial charge in [0.2, 0.25) is 5.91 Å². The molecule has 0 saturated heterocycles. The van der Waals surface area contributed by atoms with E-state index < -0.39 is 0 Å². The quantitative estimate of drug-likeness (QED) is 0.395. The molecular formula is C21H26N6OS. The first-order valence-electron chi connectivity index (χ1n) is 9.62. The molecule has 2 heterocycles. The van der Waals surface area contributed by atoms with Gasteiger partial charge in [0.25, 0.3) is 0 Å². The Morgan fingerprint density at radius 1 is 1.28 bits per heavy atom. The van der Waals surface area contributed by atoms with E-state index >= 15 is 0 Å². The fourth-order valence-electron chi connectivity index (χ4n) is 3.07. The lowest BCUT2D eigenvalue weighted by molar-refractivity contribution is -0.116. The van der Waals surface area contributed by atoms with Crippen molar-refractivity contribution in [1.82, 2.24) is 24.5 Å². The molecule has 152 valence electrons. The standard InChI is InChI=1S/C21H26N6OS/c1-5-12-26-20(17-13-22-25(6-2)14-17)23-24-21(26)29-15-19(28)27(16(3)4)18-10-8-7-9-11-18/h5,7-11,13-14,16H,1,6,12,15H2,2-4H3. The summed E-state index contributed by atoms with van der Waals surface area (Å²) in [5, 5.41) is 13.7. The molecule has 1 aromatic carbocycles. The van der Waals surface area contributed by atoms with Crippen LogP contribution >= 0.6 is 11.8 Å². The summed E-state index contributed by atoms with van der Waals surface area (Å²) in [6.45, 7) is 11.2. The van der Waals surface area contributed by atoms with Gasteiger partial charge in [-0.3, -0.25) is 14.0 Å². The second-order valence-electron chi connectivity index (χ2n) is 6.77. The number of benzene rings is 1. The van der Waals surface area contributed by atoms with Crippen molar-refractivity contribution in [2.75, 3.05) is 10.7 Å². The predicted molar refractivity (Wildman–Crippen MR) is 117 cm³/mol. The number of hydrogen-bond donors (Lipinski definition) is 0. The minimum atomic E-state index is 0.0321. The Labute approximate surface area is 175 Å². The number of allylic oxidation sites excluding steroid dienone is 1. The second-order valence-corrected chi connectivity index (χ2v) is 7.71. The Morgan fingerprint density at radius 2 is 2.03 bits per heavy atom. The molecule has 0 aliphatic rings. The summed E-state index contributed by atoms with van der Waals surface area (Å²) in [7, 11) is 0. The minimum absolute atomic E-state index is 0.0321. The summed E-state index contributed by atoms with van der Waals surface area (Å²) in [4.78, 5) is 14.8. The summed E-state index contributed by atoms with van der Waals surface area (Å²) in [5.41, 5.74) is 1.79. The Balaban J connectivity index is 1.79. The molecule has 0 fully saturated rings. The van der Waals surface area contributed by atoms with Crippen molar-refractivity contribution in [3.63, 3.8) is 0 Å². The van der Waals surface area contributed by atoms with Crippen molar-refractivity contribution in [1.29, 1.82) is 0 Å². The van der Waals surface area contributed by atoms with E-state index in [4.69, 9.17) is 0 Å². The molecule has 0 saturated carbocycles. The molecule has 1 amide bonds. The van der Waals surface area contributed by atoms with Crippen molar-refractivity contribution in [2.24, 2.45) is 0 Å². The number of aromatic nitrogens is 5. The third kappa shape index (κ3) is 4.76. The molecule has 0 N–H and O–H groups in total. The molecule has 29 heavy (non-hydrogen) atoms. The van der Waals surface area contributed by atoms with Gasteiger partial charge in [-0.1, -0.05) is 36.0 Å². The maximum atomic E-state index is 13.0. The zero-order chi connectivity index (χ0) is 20.8. The summed E-state index contributed by atoms with van der Waals surface area (Å²) in [6.07, 6.45) is 5.52.